The molecule has 16 heavy (non-hydrogen) atoms. The zero-order chi connectivity index (χ0) is 11.5. The van der Waals surface area contributed by atoms with Gasteiger partial charge in [-0.25, -0.2) is 0 Å². The molecule has 0 aromatic carbocycles. The molecular weight excluding hydrogens is 204 g/mol. The van der Waals surface area contributed by atoms with E-state index in [2.05, 4.69) is 16.8 Å². The molecular formula is C12H22N2O2. The molecule has 1 heterocycles. The van der Waals surface area contributed by atoms with E-state index in [1.54, 1.807) is 0 Å². The van der Waals surface area contributed by atoms with Gasteiger partial charge in [0.05, 0.1) is 0 Å². The minimum atomic E-state index is -0.671. The molecule has 0 bridgehead atoms. The highest BCUT2D eigenvalue weighted by Gasteiger charge is 2.32. The lowest BCUT2D eigenvalue weighted by Gasteiger charge is -2.28. The Morgan fingerprint density at radius 2 is 2.12 bits per heavy atom. The van der Waals surface area contributed by atoms with Crippen molar-refractivity contribution < 1.29 is 9.90 Å². The molecule has 1 saturated carbocycles. The van der Waals surface area contributed by atoms with Crippen LogP contribution in [-0.2, 0) is 4.79 Å². The highest BCUT2D eigenvalue weighted by molar-refractivity contribution is 5.66. The standard InChI is InChI=1S/C12H22N2O2/c1-13-7-2-8-14(10-3-4-10)9-11(13)5-6-12(15)16/h10-11H,2-9H2,1H3,(H,15,16). The van der Waals surface area contributed by atoms with Crippen molar-refractivity contribution in [3.05, 3.63) is 0 Å². The maximum atomic E-state index is 10.6. The number of likely N-dealkylation sites (N-methyl/N-ethyl adjacent to an activating group) is 1. The molecule has 2 aliphatic rings. The van der Waals surface area contributed by atoms with Gasteiger partial charge in [0.15, 0.2) is 0 Å². The minimum Gasteiger partial charge on any atom is -0.481 e. The van der Waals surface area contributed by atoms with Crippen molar-refractivity contribution in [3.8, 4) is 0 Å². The van der Waals surface area contributed by atoms with Crippen LogP contribution in [0.2, 0.25) is 0 Å². The molecule has 1 aliphatic heterocycles. The lowest BCUT2D eigenvalue weighted by molar-refractivity contribution is -0.137. The average Bonchev–Trinajstić information content (AvgIpc) is 3.02. The molecule has 2 rings (SSSR count). The Bertz CT molecular complexity index is 253. The summed E-state index contributed by atoms with van der Waals surface area (Å²) in [5.74, 6) is -0.671. The van der Waals surface area contributed by atoms with E-state index in [0.29, 0.717) is 12.5 Å². The summed E-state index contributed by atoms with van der Waals surface area (Å²) in [5, 5.41) is 8.76. The molecule has 0 amide bonds. The maximum Gasteiger partial charge on any atom is 0.303 e. The third-order valence-electron chi connectivity index (χ3n) is 3.78. The van der Waals surface area contributed by atoms with E-state index < -0.39 is 5.97 Å². The van der Waals surface area contributed by atoms with Crippen LogP contribution in [0.25, 0.3) is 0 Å². The summed E-state index contributed by atoms with van der Waals surface area (Å²) in [6.07, 6.45) is 4.99. The van der Waals surface area contributed by atoms with Crippen molar-refractivity contribution in [2.45, 2.75) is 44.2 Å². The summed E-state index contributed by atoms with van der Waals surface area (Å²) in [4.78, 5) is 15.5. The summed E-state index contributed by atoms with van der Waals surface area (Å²) in [5.41, 5.74) is 0. The van der Waals surface area contributed by atoms with E-state index in [-0.39, 0.29) is 0 Å². The normalized spacial score (nSPS) is 28.9. The van der Waals surface area contributed by atoms with Crippen molar-refractivity contribution in [3.63, 3.8) is 0 Å². The second-order valence-corrected chi connectivity index (χ2v) is 5.15. The molecule has 2 fully saturated rings. The van der Waals surface area contributed by atoms with Gasteiger partial charge in [-0.2, -0.15) is 0 Å². The Morgan fingerprint density at radius 3 is 2.75 bits per heavy atom. The minimum absolute atomic E-state index is 0.299. The lowest BCUT2D eigenvalue weighted by atomic mass is 10.1. The Labute approximate surface area is 97.2 Å². The van der Waals surface area contributed by atoms with E-state index in [0.717, 1.165) is 25.6 Å². The number of rotatable bonds is 4. The fourth-order valence-electron chi connectivity index (χ4n) is 2.58. The summed E-state index contributed by atoms with van der Waals surface area (Å²) in [7, 11) is 2.13. The molecule has 1 N–H and O–H groups in total. The monoisotopic (exact) mass is 226 g/mol. The predicted octanol–water partition coefficient (Wildman–Crippen LogP) is 1.02. The van der Waals surface area contributed by atoms with Gasteiger partial charge in [0.25, 0.3) is 0 Å². The van der Waals surface area contributed by atoms with E-state index >= 15 is 0 Å². The van der Waals surface area contributed by atoms with Crippen molar-refractivity contribution in [2.75, 3.05) is 26.7 Å². The van der Waals surface area contributed by atoms with Crippen LogP contribution in [0.5, 0.6) is 0 Å². The van der Waals surface area contributed by atoms with Gasteiger partial charge < -0.3 is 10.0 Å². The lowest BCUT2D eigenvalue weighted by Crippen LogP contribution is -2.40. The van der Waals surface area contributed by atoms with E-state index in [1.165, 1.54) is 25.8 Å². The van der Waals surface area contributed by atoms with Crippen LogP contribution in [0.1, 0.15) is 32.1 Å². The van der Waals surface area contributed by atoms with Crippen molar-refractivity contribution >= 4 is 5.97 Å². The van der Waals surface area contributed by atoms with Gasteiger partial charge in [-0.15, -0.1) is 0 Å². The van der Waals surface area contributed by atoms with Gasteiger partial charge in [-0.1, -0.05) is 0 Å². The molecule has 0 spiro atoms. The largest absolute Gasteiger partial charge is 0.481 e. The van der Waals surface area contributed by atoms with E-state index in [4.69, 9.17) is 5.11 Å². The van der Waals surface area contributed by atoms with E-state index in [9.17, 15) is 4.79 Å². The quantitative estimate of drug-likeness (QED) is 0.777. The topological polar surface area (TPSA) is 43.8 Å². The molecule has 1 unspecified atom stereocenters. The Balaban J connectivity index is 1.87. The van der Waals surface area contributed by atoms with Crippen molar-refractivity contribution in [1.29, 1.82) is 0 Å². The predicted molar refractivity (Wildman–Crippen MR) is 62.5 cm³/mol. The Morgan fingerprint density at radius 1 is 1.38 bits per heavy atom. The summed E-state index contributed by atoms with van der Waals surface area (Å²) in [6, 6.07) is 1.23. The molecule has 1 saturated heterocycles. The highest BCUT2D eigenvalue weighted by Crippen LogP contribution is 2.29. The first-order valence-electron chi connectivity index (χ1n) is 6.33. The van der Waals surface area contributed by atoms with Crippen LogP contribution < -0.4 is 0 Å². The van der Waals surface area contributed by atoms with Crippen molar-refractivity contribution in [1.82, 2.24) is 9.80 Å². The number of carbonyl (C=O) groups is 1. The molecule has 0 radical (unpaired) electrons. The summed E-state index contributed by atoms with van der Waals surface area (Å²) >= 11 is 0. The molecule has 1 aliphatic carbocycles. The molecule has 0 aromatic rings. The second kappa shape index (κ2) is 5.15. The third kappa shape index (κ3) is 3.19. The van der Waals surface area contributed by atoms with Crippen molar-refractivity contribution in [2.24, 2.45) is 0 Å². The van der Waals surface area contributed by atoms with Crippen LogP contribution in [0.3, 0.4) is 0 Å². The van der Waals surface area contributed by atoms with Crippen LogP contribution in [0, 0.1) is 0 Å². The SMILES string of the molecule is CN1CCCN(C2CC2)CC1CCC(=O)O. The van der Waals surface area contributed by atoms with Gasteiger partial charge in [0, 0.05) is 25.0 Å². The maximum absolute atomic E-state index is 10.6. The van der Waals surface area contributed by atoms with Crippen LogP contribution >= 0.6 is 0 Å². The fraction of sp³-hybridized carbons (Fsp3) is 0.917. The van der Waals surface area contributed by atoms with Crippen LogP contribution in [0.4, 0.5) is 0 Å². The number of aliphatic carboxylic acids is 1. The molecule has 1 atom stereocenters. The number of carboxylic acids is 1. The first kappa shape index (κ1) is 11.9. The zero-order valence-electron chi connectivity index (χ0n) is 10.1. The van der Waals surface area contributed by atoms with Crippen LogP contribution in [0.15, 0.2) is 0 Å². The number of nitrogens with zero attached hydrogens (tertiary/aromatic N) is 2. The van der Waals surface area contributed by atoms with Gasteiger partial charge in [-0.05, 0) is 45.8 Å². The smallest absolute Gasteiger partial charge is 0.303 e. The summed E-state index contributed by atoms with van der Waals surface area (Å²) < 4.78 is 0. The Hall–Kier alpha value is -0.610. The second-order valence-electron chi connectivity index (χ2n) is 5.15. The number of hydrogen-bond donors (Lipinski definition) is 1. The highest BCUT2D eigenvalue weighted by atomic mass is 16.4. The van der Waals surface area contributed by atoms with Gasteiger partial charge in [-0.3, -0.25) is 9.69 Å². The van der Waals surface area contributed by atoms with E-state index in [1.807, 2.05) is 0 Å². The number of hydrogen-bond acceptors (Lipinski definition) is 3. The molecule has 4 nitrogen and oxygen atoms in total. The molecule has 4 heteroatoms. The average molecular weight is 226 g/mol. The van der Waals surface area contributed by atoms with Gasteiger partial charge in [0.2, 0.25) is 0 Å². The zero-order valence-corrected chi connectivity index (χ0v) is 10.1. The fourth-order valence-corrected chi connectivity index (χ4v) is 2.58. The molecule has 0 aromatic heterocycles. The number of carboxylic acid groups (broad SMARTS) is 1. The van der Waals surface area contributed by atoms with Crippen LogP contribution in [-0.4, -0.2) is 59.6 Å². The summed E-state index contributed by atoms with van der Waals surface area (Å²) in [6.45, 7) is 3.36. The first-order chi connectivity index (χ1) is 7.66. The first-order valence-corrected chi connectivity index (χ1v) is 6.33. The van der Waals surface area contributed by atoms with Gasteiger partial charge >= 0.3 is 5.97 Å². The molecule has 92 valence electrons. The Kier molecular flexibility index (Phi) is 3.82. The third-order valence-corrected chi connectivity index (χ3v) is 3.78. The van der Waals surface area contributed by atoms with Gasteiger partial charge in [0.1, 0.15) is 0 Å².